The Morgan fingerprint density at radius 3 is 2.32 bits per heavy atom. The highest BCUT2D eigenvalue weighted by Crippen LogP contribution is 2.25. The number of aromatic nitrogens is 2. The van der Waals surface area contributed by atoms with Crippen molar-refractivity contribution in [3.05, 3.63) is 52.8 Å². The standard InChI is InChI=1S/C17H19F4N3O/c1-3-12(11-6-4-10(2)5-7-11)22-15(25)9-24-14(17(20)21)8-13(23-24)16(18)19/h4-8,12,16-17H,3,9H2,1-2H3,(H,22,25). The quantitative estimate of drug-likeness (QED) is 0.750. The van der Waals surface area contributed by atoms with E-state index in [0.29, 0.717) is 17.2 Å². The zero-order valence-electron chi connectivity index (χ0n) is 13.8. The van der Waals surface area contributed by atoms with Crippen LogP contribution in [0.3, 0.4) is 0 Å². The van der Waals surface area contributed by atoms with E-state index in [1.807, 2.05) is 38.1 Å². The normalized spacial score (nSPS) is 12.6. The van der Waals surface area contributed by atoms with Gasteiger partial charge in [-0.3, -0.25) is 9.48 Å². The number of amides is 1. The van der Waals surface area contributed by atoms with E-state index in [9.17, 15) is 22.4 Å². The Labute approximate surface area is 142 Å². The molecule has 4 nitrogen and oxygen atoms in total. The summed E-state index contributed by atoms with van der Waals surface area (Å²) in [5.74, 6) is -0.571. The number of halogens is 4. The van der Waals surface area contributed by atoms with Crippen molar-refractivity contribution in [2.45, 2.75) is 45.7 Å². The molecule has 1 heterocycles. The smallest absolute Gasteiger partial charge is 0.282 e. The maximum Gasteiger partial charge on any atom is 0.282 e. The Bertz CT molecular complexity index is 713. The predicted molar refractivity (Wildman–Crippen MR) is 84.5 cm³/mol. The molecule has 1 aromatic carbocycles. The molecule has 0 saturated carbocycles. The van der Waals surface area contributed by atoms with E-state index in [2.05, 4.69) is 10.4 Å². The number of alkyl halides is 4. The van der Waals surface area contributed by atoms with Gasteiger partial charge in [-0.05, 0) is 25.0 Å². The Balaban J connectivity index is 2.12. The van der Waals surface area contributed by atoms with Gasteiger partial charge in [0, 0.05) is 0 Å². The Morgan fingerprint density at radius 2 is 1.80 bits per heavy atom. The van der Waals surface area contributed by atoms with Gasteiger partial charge in [0.25, 0.3) is 12.9 Å². The molecule has 0 aliphatic heterocycles. The van der Waals surface area contributed by atoms with Gasteiger partial charge < -0.3 is 5.32 Å². The second-order valence-corrected chi connectivity index (χ2v) is 5.69. The fourth-order valence-corrected chi connectivity index (χ4v) is 2.46. The summed E-state index contributed by atoms with van der Waals surface area (Å²) >= 11 is 0. The molecule has 1 atom stereocenters. The second-order valence-electron chi connectivity index (χ2n) is 5.69. The molecule has 136 valence electrons. The van der Waals surface area contributed by atoms with E-state index in [0.717, 1.165) is 11.1 Å². The number of benzene rings is 1. The minimum atomic E-state index is -2.99. The third kappa shape index (κ3) is 4.80. The number of carbonyl (C=O) groups excluding carboxylic acids is 1. The lowest BCUT2D eigenvalue weighted by atomic mass is 10.0. The number of carbonyl (C=O) groups is 1. The summed E-state index contributed by atoms with van der Waals surface area (Å²) in [6.45, 7) is 3.26. The number of rotatable bonds is 7. The average Bonchev–Trinajstić information content (AvgIpc) is 2.98. The van der Waals surface area contributed by atoms with E-state index in [-0.39, 0.29) is 6.04 Å². The van der Waals surface area contributed by atoms with Crippen LogP contribution in [0.5, 0.6) is 0 Å². The maximum atomic E-state index is 12.9. The third-order valence-electron chi connectivity index (χ3n) is 3.79. The van der Waals surface area contributed by atoms with Gasteiger partial charge in [0.2, 0.25) is 5.91 Å². The van der Waals surface area contributed by atoms with Crippen molar-refractivity contribution in [1.82, 2.24) is 15.1 Å². The van der Waals surface area contributed by atoms with Crippen LogP contribution in [0.2, 0.25) is 0 Å². The topological polar surface area (TPSA) is 46.9 Å². The first-order chi connectivity index (χ1) is 11.8. The van der Waals surface area contributed by atoms with Crippen molar-refractivity contribution in [2.75, 3.05) is 0 Å². The molecule has 0 spiro atoms. The number of nitrogens with zero attached hydrogens (tertiary/aromatic N) is 2. The average molecular weight is 357 g/mol. The van der Waals surface area contributed by atoms with Gasteiger partial charge in [0.1, 0.15) is 17.9 Å². The zero-order chi connectivity index (χ0) is 18.6. The fraction of sp³-hybridized carbons (Fsp3) is 0.412. The Hall–Kier alpha value is -2.38. The number of hydrogen-bond donors (Lipinski definition) is 1. The molecule has 0 fully saturated rings. The summed E-state index contributed by atoms with van der Waals surface area (Å²) in [6, 6.07) is 7.88. The molecule has 0 bridgehead atoms. The molecule has 1 unspecified atom stereocenters. The van der Waals surface area contributed by atoms with Crippen LogP contribution in [0, 0.1) is 6.92 Å². The van der Waals surface area contributed by atoms with E-state index < -0.39 is 36.7 Å². The van der Waals surface area contributed by atoms with Gasteiger partial charge >= 0.3 is 0 Å². The van der Waals surface area contributed by atoms with Gasteiger partial charge in [0.15, 0.2) is 0 Å². The van der Waals surface area contributed by atoms with Gasteiger partial charge in [-0.15, -0.1) is 0 Å². The maximum absolute atomic E-state index is 12.9. The first-order valence-electron chi connectivity index (χ1n) is 7.81. The van der Waals surface area contributed by atoms with Gasteiger partial charge in [-0.1, -0.05) is 36.8 Å². The summed E-state index contributed by atoms with van der Waals surface area (Å²) in [5, 5.41) is 6.14. The minimum Gasteiger partial charge on any atom is -0.348 e. The summed E-state index contributed by atoms with van der Waals surface area (Å²) in [6.07, 6.45) is -5.37. The molecule has 1 N–H and O–H groups in total. The summed E-state index contributed by atoms with van der Waals surface area (Å²) in [4.78, 5) is 12.2. The molecule has 1 amide bonds. The summed E-state index contributed by atoms with van der Waals surface area (Å²) in [5.41, 5.74) is 0.481. The molecule has 0 radical (unpaired) electrons. The molecule has 0 saturated heterocycles. The van der Waals surface area contributed by atoms with Crippen molar-refractivity contribution < 1.29 is 22.4 Å². The van der Waals surface area contributed by atoms with Gasteiger partial charge in [-0.2, -0.15) is 5.10 Å². The fourth-order valence-electron chi connectivity index (χ4n) is 2.46. The highest BCUT2D eigenvalue weighted by Gasteiger charge is 2.23. The second kappa shape index (κ2) is 8.13. The van der Waals surface area contributed by atoms with Gasteiger partial charge in [0.05, 0.1) is 6.04 Å². The van der Waals surface area contributed by atoms with Crippen molar-refractivity contribution >= 4 is 5.91 Å². The molecule has 2 rings (SSSR count). The summed E-state index contributed by atoms with van der Waals surface area (Å²) in [7, 11) is 0. The minimum absolute atomic E-state index is 0.298. The Kier molecular flexibility index (Phi) is 6.17. The SMILES string of the molecule is CCC(NC(=O)Cn1nc(C(F)F)cc1C(F)F)c1ccc(C)cc1. The summed E-state index contributed by atoms with van der Waals surface area (Å²) < 4.78 is 51.8. The van der Waals surface area contributed by atoms with E-state index >= 15 is 0 Å². The lowest BCUT2D eigenvalue weighted by molar-refractivity contribution is -0.122. The van der Waals surface area contributed by atoms with Crippen LogP contribution in [0.1, 0.15) is 54.8 Å². The monoisotopic (exact) mass is 357 g/mol. The van der Waals surface area contributed by atoms with Crippen LogP contribution in [0.4, 0.5) is 17.6 Å². The van der Waals surface area contributed by atoms with Crippen molar-refractivity contribution in [3.8, 4) is 0 Å². The van der Waals surface area contributed by atoms with E-state index in [1.165, 1.54) is 0 Å². The molecule has 2 aromatic rings. The highest BCUT2D eigenvalue weighted by atomic mass is 19.3. The molecule has 8 heteroatoms. The van der Waals surface area contributed by atoms with Crippen LogP contribution >= 0.6 is 0 Å². The zero-order valence-corrected chi connectivity index (χ0v) is 13.8. The molecule has 25 heavy (non-hydrogen) atoms. The third-order valence-corrected chi connectivity index (χ3v) is 3.79. The first-order valence-corrected chi connectivity index (χ1v) is 7.81. The van der Waals surface area contributed by atoms with Crippen molar-refractivity contribution in [3.63, 3.8) is 0 Å². The molecule has 1 aromatic heterocycles. The molecular formula is C17H19F4N3O. The lowest BCUT2D eigenvalue weighted by Crippen LogP contribution is -2.32. The molecular weight excluding hydrogens is 338 g/mol. The van der Waals surface area contributed by atoms with Crippen LogP contribution in [0.25, 0.3) is 0 Å². The number of nitrogens with one attached hydrogen (secondary N) is 1. The largest absolute Gasteiger partial charge is 0.348 e. The first kappa shape index (κ1) is 19.0. The van der Waals surface area contributed by atoms with Crippen LogP contribution in [-0.4, -0.2) is 15.7 Å². The number of hydrogen-bond acceptors (Lipinski definition) is 2. The molecule has 0 aliphatic carbocycles. The van der Waals surface area contributed by atoms with Crippen LogP contribution in [-0.2, 0) is 11.3 Å². The Morgan fingerprint density at radius 1 is 1.16 bits per heavy atom. The van der Waals surface area contributed by atoms with Gasteiger partial charge in [-0.25, -0.2) is 17.6 Å². The molecule has 0 aliphatic rings. The lowest BCUT2D eigenvalue weighted by Gasteiger charge is -2.18. The highest BCUT2D eigenvalue weighted by molar-refractivity contribution is 5.76. The van der Waals surface area contributed by atoms with Crippen LogP contribution in [0.15, 0.2) is 30.3 Å². The van der Waals surface area contributed by atoms with E-state index in [1.54, 1.807) is 0 Å². The van der Waals surface area contributed by atoms with Crippen LogP contribution < -0.4 is 5.32 Å². The predicted octanol–water partition coefficient (Wildman–Crippen LogP) is 4.33. The van der Waals surface area contributed by atoms with Crippen molar-refractivity contribution in [2.24, 2.45) is 0 Å². The van der Waals surface area contributed by atoms with Crippen molar-refractivity contribution in [1.29, 1.82) is 0 Å². The number of aryl methyl sites for hydroxylation is 1. The van der Waals surface area contributed by atoms with E-state index in [4.69, 9.17) is 0 Å².